The van der Waals surface area contributed by atoms with Crippen LogP contribution in [0.15, 0.2) is 46.0 Å². The van der Waals surface area contributed by atoms with Crippen molar-refractivity contribution in [2.24, 2.45) is 5.10 Å². The lowest BCUT2D eigenvalue weighted by Gasteiger charge is -2.11. The molecule has 29 heavy (non-hydrogen) atoms. The number of amides is 2. The number of methoxy groups -OCH3 is 1. The number of carbonyl (C=O) groups is 2. The van der Waals surface area contributed by atoms with Crippen molar-refractivity contribution in [1.82, 2.24) is 5.43 Å². The van der Waals surface area contributed by atoms with Crippen LogP contribution in [0, 0.1) is 6.92 Å². The number of carbonyl (C=O) groups excluding carboxylic acids is 2. The molecule has 0 saturated heterocycles. The van der Waals surface area contributed by atoms with E-state index in [1.165, 1.54) is 6.21 Å². The molecule has 0 fully saturated rings. The Bertz CT molecular complexity index is 882. The minimum Gasteiger partial charge on any atom is -0.492 e. The summed E-state index contributed by atoms with van der Waals surface area (Å²) in [4.78, 5) is 23.8. The maximum absolute atomic E-state index is 11.9. The van der Waals surface area contributed by atoms with Crippen LogP contribution in [0.25, 0.3) is 0 Å². The number of hydrogen-bond acceptors (Lipinski definition) is 5. The van der Waals surface area contributed by atoms with Gasteiger partial charge in [0.05, 0.1) is 24.4 Å². The second-order valence-corrected chi connectivity index (χ2v) is 7.03. The van der Waals surface area contributed by atoms with Crippen LogP contribution in [0.4, 0.5) is 5.69 Å². The normalized spacial score (nSPS) is 10.6. The number of hydrogen-bond donors (Lipinski definition) is 2. The summed E-state index contributed by atoms with van der Waals surface area (Å²) in [7, 11) is 1.56. The molecule has 0 heterocycles. The van der Waals surface area contributed by atoms with Crippen LogP contribution in [-0.2, 0) is 9.59 Å². The van der Waals surface area contributed by atoms with Crippen LogP contribution in [0.5, 0.6) is 11.5 Å². The topological polar surface area (TPSA) is 89.0 Å². The smallest absolute Gasteiger partial charge is 0.240 e. The molecule has 7 nitrogen and oxygen atoms in total. The Labute approximate surface area is 178 Å². The Hall–Kier alpha value is -2.87. The molecule has 154 valence electrons. The lowest BCUT2D eigenvalue weighted by Crippen LogP contribution is -2.20. The van der Waals surface area contributed by atoms with Crippen LogP contribution in [-0.4, -0.2) is 31.7 Å². The summed E-state index contributed by atoms with van der Waals surface area (Å²) in [6.45, 7) is 4.34. The molecule has 2 rings (SSSR count). The molecule has 0 radical (unpaired) electrons. The molecular weight excluding hydrogens is 438 g/mol. The first-order chi connectivity index (χ1) is 13.9. The molecule has 0 aliphatic heterocycles. The van der Waals surface area contributed by atoms with Crippen molar-refractivity contribution < 1.29 is 19.1 Å². The van der Waals surface area contributed by atoms with Crippen LogP contribution in [0.1, 0.15) is 30.9 Å². The first-order valence-corrected chi connectivity index (χ1v) is 9.91. The predicted molar refractivity (Wildman–Crippen MR) is 117 cm³/mol. The molecule has 0 aliphatic carbocycles. The van der Waals surface area contributed by atoms with Gasteiger partial charge in [-0.3, -0.25) is 9.59 Å². The monoisotopic (exact) mass is 461 g/mol. The molecule has 0 aliphatic rings. The fourth-order valence-electron chi connectivity index (χ4n) is 2.45. The van der Waals surface area contributed by atoms with E-state index in [-0.39, 0.29) is 24.7 Å². The van der Waals surface area contributed by atoms with Gasteiger partial charge in [0.25, 0.3) is 0 Å². The van der Waals surface area contributed by atoms with E-state index in [1.807, 2.05) is 38.1 Å². The Kier molecular flexibility index (Phi) is 8.67. The van der Waals surface area contributed by atoms with E-state index in [2.05, 4.69) is 31.8 Å². The average Bonchev–Trinajstić information content (AvgIpc) is 2.68. The summed E-state index contributed by atoms with van der Waals surface area (Å²) in [5, 5.41) is 6.69. The number of aryl methyl sites for hydroxylation is 1. The van der Waals surface area contributed by atoms with Gasteiger partial charge in [-0.1, -0.05) is 17.7 Å². The average molecular weight is 462 g/mol. The highest BCUT2D eigenvalue weighted by Gasteiger charge is 2.11. The first-order valence-electron chi connectivity index (χ1n) is 9.11. The molecule has 2 amide bonds. The second kappa shape index (κ2) is 11.2. The zero-order chi connectivity index (χ0) is 21.2. The number of nitrogens with one attached hydrogen (secondary N) is 2. The molecule has 0 atom stereocenters. The van der Waals surface area contributed by atoms with Gasteiger partial charge in [0.1, 0.15) is 0 Å². The van der Waals surface area contributed by atoms with Gasteiger partial charge in [-0.25, -0.2) is 5.43 Å². The van der Waals surface area contributed by atoms with Crippen molar-refractivity contribution in [3.8, 4) is 11.5 Å². The summed E-state index contributed by atoms with van der Waals surface area (Å²) in [6.07, 6.45) is 1.60. The minimum atomic E-state index is -0.349. The fraction of sp³-hybridized carbons (Fsp3) is 0.286. The Morgan fingerprint density at radius 2 is 1.83 bits per heavy atom. The molecule has 0 aromatic heterocycles. The minimum absolute atomic E-state index is 0.0333. The number of rotatable bonds is 9. The molecule has 2 aromatic rings. The van der Waals surface area contributed by atoms with Crippen molar-refractivity contribution in [1.29, 1.82) is 0 Å². The zero-order valence-electron chi connectivity index (χ0n) is 16.6. The van der Waals surface area contributed by atoms with E-state index < -0.39 is 0 Å². The first kappa shape index (κ1) is 22.4. The second-order valence-electron chi connectivity index (χ2n) is 6.17. The van der Waals surface area contributed by atoms with Gasteiger partial charge in [0.15, 0.2) is 11.5 Å². The lowest BCUT2D eigenvalue weighted by molar-refractivity contribution is -0.124. The number of hydrazone groups is 1. The van der Waals surface area contributed by atoms with Gasteiger partial charge in [0, 0.05) is 18.5 Å². The number of halogens is 1. The molecule has 0 bridgehead atoms. The van der Waals surface area contributed by atoms with Gasteiger partial charge in [-0.05, 0) is 59.6 Å². The highest BCUT2D eigenvalue weighted by Crippen LogP contribution is 2.36. The van der Waals surface area contributed by atoms with Gasteiger partial charge in [-0.15, -0.1) is 0 Å². The van der Waals surface area contributed by atoms with E-state index in [4.69, 9.17) is 9.47 Å². The van der Waals surface area contributed by atoms with Gasteiger partial charge >= 0.3 is 0 Å². The lowest BCUT2D eigenvalue weighted by atomic mass is 10.2. The summed E-state index contributed by atoms with van der Waals surface area (Å²) >= 11 is 3.42. The van der Waals surface area contributed by atoms with E-state index >= 15 is 0 Å². The van der Waals surface area contributed by atoms with E-state index in [0.29, 0.717) is 28.3 Å². The number of nitrogens with zero attached hydrogens (tertiary/aromatic N) is 1. The summed E-state index contributed by atoms with van der Waals surface area (Å²) in [5.74, 6) is 0.587. The maximum atomic E-state index is 11.9. The van der Waals surface area contributed by atoms with Crippen molar-refractivity contribution in [3.05, 3.63) is 52.0 Å². The van der Waals surface area contributed by atoms with E-state index in [0.717, 1.165) is 11.1 Å². The molecule has 0 saturated carbocycles. The Balaban J connectivity index is 1.84. The summed E-state index contributed by atoms with van der Waals surface area (Å²) < 4.78 is 11.6. The third-order valence-corrected chi connectivity index (χ3v) is 4.44. The third kappa shape index (κ3) is 7.23. The third-order valence-electron chi connectivity index (χ3n) is 3.85. The molecule has 2 aromatic carbocycles. The standard InChI is InChI=1S/C21H24BrN3O4/c1-4-29-18-12-15(11-17(22)21(18)28-3)13-23-25-20(27)10-9-19(26)24-16-7-5-14(2)6-8-16/h5-8,11-13H,4,9-10H2,1-3H3,(H,24,26)(H,25,27). The Morgan fingerprint density at radius 3 is 2.48 bits per heavy atom. The van der Waals surface area contributed by atoms with Gasteiger partial charge in [0.2, 0.25) is 11.8 Å². The zero-order valence-corrected chi connectivity index (χ0v) is 18.2. The van der Waals surface area contributed by atoms with Crippen LogP contribution < -0.4 is 20.2 Å². The van der Waals surface area contributed by atoms with Crippen molar-refractivity contribution in [2.45, 2.75) is 26.7 Å². The van der Waals surface area contributed by atoms with Gasteiger partial charge < -0.3 is 14.8 Å². The largest absolute Gasteiger partial charge is 0.492 e. The van der Waals surface area contributed by atoms with Gasteiger partial charge in [-0.2, -0.15) is 5.10 Å². The highest BCUT2D eigenvalue weighted by molar-refractivity contribution is 9.10. The predicted octanol–water partition coefficient (Wildman–Crippen LogP) is 4.03. The SMILES string of the molecule is CCOc1cc(C=NNC(=O)CCC(=O)Nc2ccc(C)cc2)cc(Br)c1OC. The fourth-order valence-corrected chi connectivity index (χ4v) is 3.07. The van der Waals surface area contributed by atoms with E-state index in [1.54, 1.807) is 19.2 Å². The molecule has 0 spiro atoms. The van der Waals surface area contributed by atoms with Crippen LogP contribution in [0.3, 0.4) is 0 Å². The number of anilines is 1. The summed E-state index contributed by atoms with van der Waals surface area (Å²) in [6, 6.07) is 11.0. The highest BCUT2D eigenvalue weighted by atomic mass is 79.9. The number of benzene rings is 2. The molecule has 0 unspecified atom stereocenters. The quantitative estimate of drug-likeness (QED) is 0.435. The van der Waals surface area contributed by atoms with Crippen molar-refractivity contribution >= 4 is 39.6 Å². The van der Waals surface area contributed by atoms with Crippen molar-refractivity contribution in [3.63, 3.8) is 0 Å². The molecular formula is C21H24BrN3O4. The molecule has 8 heteroatoms. The Morgan fingerprint density at radius 1 is 1.14 bits per heavy atom. The molecule has 2 N–H and O–H groups in total. The van der Waals surface area contributed by atoms with E-state index in [9.17, 15) is 9.59 Å². The van der Waals surface area contributed by atoms with Crippen LogP contribution >= 0.6 is 15.9 Å². The maximum Gasteiger partial charge on any atom is 0.240 e. The number of ether oxygens (including phenoxy) is 2. The van der Waals surface area contributed by atoms with Crippen molar-refractivity contribution in [2.75, 3.05) is 19.0 Å². The van der Waals surface area contributed by atoms with Crippen LogP contribution in [0.2, 0.25) is 0 Å². The summed E-state index contributed by atoms with van der Waals surface area (Å²) in [5.41, 5.74) is 4.95.